The maximum atomic E-state index is 11.9. The van der Waals surface area contributed by atoms with Crippen LogP contribution in [0.4, 0.5) is 5.69 Å². The van der Waals surface area contributed by atoms with Crippen LogP contribution in [0.3, 0.4) is 0 Å². The van der Waals surface area contributed by atoms with E-state index in [1.165, 1.54) is 5.56 Å². The van der Waals surface area contributed by atoms with Crippen LogP contribution in [-0.4, -0.2) is 12.0 Å². The van der Waals surface area contributed by atoms with Gasteiger partial charge < -0.3 is 10.1 Å². The maximum Gasteiger partial charge on any atom is 0.224 e. The highest BCUT2D eigenvalue weighted by atomic mass is 16.5. The van der Waals surface area contributed by atoms with Crippen LogP contribution in [-0.2, 0) is 11.2 Å². The van der Waals surface area contributed by atoms with Crippen LogP contribution in [0.25, 0.3) is 0 Å². The Balaban J connectivity index is 1.74. The predicted molar refractivity (Wildman–Crippen MR) is 90.2 cm³/mol. The van der Waals surface area contributed by atoms with Crippen molar-refractivity contribution in [3.05, 3.63) is 60.2 Å². The van der Waals surface area contributed by atoms with Crippen LogP contribution < -0.4 is 10.1 Å². The second-order valence-electron chi connectivity index (χ2n) is 5.58. The van der Waals surface area contributed by atoms with E-state index >= 15 is 0 Å². The Morgan fingerprint density at radius 3 is 2.36 bits per heavy atom. The first-order valence-corrected chi connectivity index (χ1v) is 7.74. The average Bonchev–Trinajstić information content (AvgIpc) is 2.50. The molecule has 2 aromatic carbocycles. The monoisotopic (exact) mass is 297 g/mol. The maximum absolute atomic E-state index is 11.9. The molecule has 0 spiro atoms. The van der Waals surface area contributed by atoms with E-state index in [1.807, 2.05) is 56.3 Å². The summed E-state index contributed by atoms with van der Waals surface area (Å²) in [6.45, 7) is 3.98. The van der Waals surface area contributed by atoms with E-state index in [0.29, 0.717) is 6.42 Å². The van der Waals surface area contributed by atoms with Gasteiger partial charge in [0.1, 0.15) is 5.75 Å². The van der Waals surface area contributed by atoms with Gasteiger partial charge in [0.2, 0.25) is 5.91 Å². The molecule has 0 saturated carbocycles. The van der Waals surface area contributed by atoms with Crippen LogP contribution >= 0.6 is 0 Å². The summed E-state index contributed by atoms with van der Waals surface area (Å²) in [7, 11) is 0. The summed E-state index contributed by atoms with van der Waals surface area (Å²) in [5.41, 5.74) is 2.08. The van der Waals surface area contributed by atoms with Gasteiger partial charge in [-0.3, -0.25) is 4.79 Å². The van der Waals surface area contributed by atoms with Crippen molar-refractivity contribution in [1.82, 2.24) is 0 Å². The summed E-state index contributed by atoms with van der Waals surface area (Å²) in [5.74, 6) is 0.866. The van der Waals surface area contributed by atoms with Crippen molar-refractivity contribution < 1.29 is 9.53 Å². The van der Waals surface area contributed by atoms with Crippen LogP contribution in [0, 0.1) is 0 Å². The number of nitrogens with one attached hydrogen (secondary N) is 1. The van der Waals surface area contributed by atoms with Gasteiger partial charge in [-0.15, -0.1) is 0 Å². The van der Waals surface area contributed by atoms with Gasteiger partial charge in [-0.05, 0) is 56.5 Å². The molecule has 0 saturated heterocycles. The van der Waals surface area contributed by atoms with Crippen LogP contribution in [0.2, 0.25) is 0 Å². The normalized spacial score (nSPS) is 10.5. The Morgan fingerprint density at radius 2 is 1.73 bits per heavy atom. The van der Waals surface area contributed by atoms with E-state index in [-0.39, 0.29) is 12.0 Å². The zero-order valence-electron chi connectivity index (χ0n) is 13.2. The van der Waals surface area contributed by atoms with Gasteiger partial charge >= 0.3 is 0 Å². The number of anilines is 1. The van der Waals surface area contributed by atoms with E-state index in [9.17, 15) is 4.79 Å². The molecule has 0 heterocycles. The third-order valence-electron chi connectivity index (χ3n) is 3.22. The lowest BCUT2D eigenvalue weighted by Gasteiger charge is -2.10. The molecule has 0 aliphatic heterocycles. The minimum Gasteiger partial charge on any atom is -0.491 e. The zero-order valence-corrected chi connectivity index (χ0v) is 13.2. The van der Waals surface area contributed by atoms with Crippen LogP contribution in [0.15, 0.2) is 54.6 Å². The SMILES string of the molecule is CC(C)Oc1ccc(NC(=O)CCCc2ccccc2)cc1. The lowest BCUT2D eigenvalue weighted by molar-refractivity contribution is -0.116. The van der Waals surface area contributed by atoms with Crippen molar-refractivity contribution in [3.8, 4) is 5.75 Å². The third kappa shape index (κ3) is 5.60. The van der Waals surface area contributed by atoms with Crippen LogP contribution in [0.5, 0.6) is 5.75 Å². The second-order valence-corrected chi connectivity index (χ2v) is 5.58. The summed E-state index contributed by atoms with van der Waals surface area (Å²) in [6.07, 6.45) is 2.46. The molecule has 0 aliphatic carbocycles. The molecule has 2 rings (SSSR count). The summed E-state index contributed by atoms with van der Waals surface area (Å²) in [6, 6.07) is 17.7. The molecule has 116 valence electrons. The van der Waals surface area contributed by atoms with E-state index < -0.39 is 0 Å². The molecule has 1 N–H and O–H groups in total. The molecule has 0 atom stereocenters. The molecule has 3 nitrogen and oxygen atoms in total. The molecular weight excluding hydrogens is 274 g/mol. The highest BCUT2D eigenvalue weighted by Crippen LogP contribution is 2.17. The Kier molecular flexibility index (Phi) is 6.01. The van der Waals surface area contributed by atoms with Crippen molar-refractivity contribution in [2.75, 3.05) is 5.32 Å². The summed E-state index contributed by atoms with van der Waals surface area (Å²) in [5, 5.41) is 2.91. The predicted octanol–water partition coefficient (Wildman–Crippen LogP) is 4.44. The number of aryl methyl sites for hydroxylation is 1. The number of carbonyl (C=O) groups excluding carboxylic acids is 1. The number of rotatable bonds is 7. The molecule has 2 aromatic rings. The van der Waals surface area contributed by atoms with Gasteiger partial charge in [-0.2, -0.15) is 0 Å². The first-order valence-electron chi connectivity index (χ1n) is 7.74. The lowest BCUT2D eigenvalue weighted by Crippen LogP contribution is -2.11. The zero-order chi connectivity index (χ0) is 15.8. The largest absolute Gasteiger partial charge is 0.491 e. The fraction of sp³-hybridized carbons (Fsp3) is 0.316. The third-order valence-corrected chi connectivity index (χ3v) is 3.22. The fourth-order valence-corrected chi connectivity index (χ4v) is 2.21. The number of amides is 1. The van der Waals surface area contributed by atoms with Crippen molar-refractivity contribution in [2.24, 2.45) is 0 Å². The number of carbonyl (C=O) groups is 1. The molecule has 0 aromatic heterocycles. The highest BCUT2D eigenvalue weighted by Gasteiger charge is 2.03. The summed E-state index contributed by atoms with van der Waals surface area (Å²) < 4.78 is 5.58. The number of ether oxygens (including phenoxy) is 1. The van der Waals surface area contributed by atoms with Gasteiger partial charge in [0, 0.05) is 12.1 Å². The smallest absolute Gasteiger partial charge is 0.224 e. The molecule has 22 heavy (non-hydrogen) atoms. The highest BCUT2D eigenvalue weighted by molar-refractivity contribution is 5.90. The Labute approximate surface area is 132 Å². The van der Waals surface area contributed by atoms with Crippen molar-refractivity contribution in [2.45, 2.75) is 39.2 Å². The standard InChI is InChI=1S/C19H23NO2/c1-15(2)22-18-13-11-17(12-14-18)20-19(21)10-6-9-16-7-4-3-5-8-16/h3-5,7-8,11-15H,6,9-10H2,1-2H3,(H,20,21). The van der Waals surface area contributed by atoms with Gasteiger partial charge in [0.05, 0.1) is 6.10 Å². The minimum absolute atomic E-state index is 0.0495. The first-order chi connectivity index (χ1) is 10.6. The summed E-state index contributed by atoms with van der Waals surface area (Å²) >= 11 is 0. The van der Waals surface area contributed by atoms with Crippen LogP contribution in [0.1, 0.15) is 32.3 Å². The van der Waals surface area contributed by atoms with Gasteiger partial charge in [-0.25, -0.2) is 0 Å². The van der Waals surface area contributed by atoms with E-state index in [1.54, 1.807) is 0 Å². The molecular formula is C19H23NO2. The first kappa shape index (κ1) is 16.1. The topological polar surface area (TPSA) is 38.3 Å². The van der Waals surface area contributed by atoms with Crippen molar-refractivity contribution >= 4 is 11.6 Å². The molecule has 0 unspecified atom stereocenters. The molecule has 1 amide bonds. The summed E-state index contributed by atoms with van der Waals surface area (Å²) in [4.78, 5) is 11.9. The second kappa shape index (κ2) is 8.23. The van der Waals surface area contributed by atoms with E-state index in [0.717, 1.165) is 24.3 Å². The fourth-order valence-electron chi connectivity index (χ4n) is 2.21. The molecule has 0 bridgehead atoms. The number of benzene rings is 2. The Morgan fingerprint density at radius 1 is 1.05 bits per heavy atom. The number of hydrogen-bond donors (Lipinski definition) is 1. The molecule has 0 aliphatic rings. The van der Waals surface area contributed by atoms with E-state index in [4.69, 9.17) is 4.74 Å². The van der Waals surface area contributed by atoms with Gasteiger partial charge in [0.15, 0.2) is 0 Å². The Bertz CT molecular complexity index is 576. The van der Waals surface area contributed by atoms with Gasteiger partial charge in [-0.1, -0.05) is 30.3 Å². The minimum atomic E-state index is 0.0495. The quantitative estimate of drug-likeness (QED) is 0.820. The van der Waals surface area contributed by atoms with Gasteiger partial charge in [0.25, 0.3) is 0 Å². The van der Waals surface area contributed by atoms with Crippen molar-refractivity contribution in [1.29, 1.82) is 0 Å². The molecule has 0 radical (unpaired) electrons. The van der Waals surface area contributed by atoms with Crippen molar-refractivity contribution in [3.63, 3.8) is 0 Å². The Hall–Kier alpha value is -2.29. The lowest BCUT2D eigenvalue weighted by atomic mass is 10.1. The number of hydrogen-bond acceptors (Lipinski definition) is 2. The molecule has 3 heteroatoms. The average molecular weight is 297 g/mol. The molecule has 0 fully saturated rings. The van der Waals surface area contributed by atoms with E-state index in [2.05, 4.69) is 17.4 Å².